The summed E-state index contributed by atoms with van der Waals surface area (Å²) in [5, 5.41) is 9.68. The molecule has 0 N–H and O–H groups in total. The second-order valence-corrected chi connectivity index (χ2v) is 5.42. The first-order valence-corrected chi connectivity index (χ1v) is 7.77. The fourth-order valence-electron chi connectivity index (χ4n) is 2.82. The van der Waals surface area contributed by atoms with Crippen LogP contribution in [0.25, 0.3) is 0 Å². The smallest absolute Gasteiger partial charge is 0.231 e. The first-order chi connectivity index (χ1) is 12.6. The molecule has 7 nitrogen and oxygen atoms in total. The van der Waals surface area contributed by atoms with Crippen molar-refractivity contribution in [3.63, 3.8) is 0 Å². The Hall–Kier alpha value is -3.40. The molecule has 134 valence electrons. The summed E-state index contributed by atoms with van der Waals surface area (Å²) in [4.78, 5) is 12.9. The molecule has 0 aromatic heterocycles. The Morgan fingerprint density at radius 3 is 2.35 bits per heavy atom. The standard InChI is InChI=1S/C19H17NO6/c1-22-12-6-4-11(5-7-12)16(21)14(9-20)13-8-15-18(26-10-25-15)19(24-3)17(13)23-2/h4-8,14H,10H2,1-3H3/t14-/m1/s1. The summed E-state index contributed by atoms with van der Waals surface area (Å²) < 4.78 is 26.7. The van der Waals surface area contributed by atoms with Gasteiger partial charge >= 0.3 is 0 Å². The van der Waals surface area contributed by atoms with Crippen LogP contribution in [0.1, 0.15) is 21.8 Å². The number of rotatable bonds is 6. The van der Waals surface area contributed by atoms with E-state index in [0.29, 0.717) is 34.1 Å². The van der Waals surface area contributed by atoms with Crippen LogP contribution in [0, 0.1) is 11.3 Å². The average Bonchev–Trinajstić information content (AvgIpc) is 3.15. The zero-order valence-corrected chi connectivity index (χ0v) is 14.6. The Morgan fingerprint density at radius 1 is 1.08 bits per heavy atom. The number of nitrogens with zero attached hydrogens (tertiary/aromatic N) is 1. The van der Waals surface area contributed by atoms with E-state index in [9.17, 15) is 10.1 Å². The van der Waals surface area contributed by atoms with Crippen LogP contribution in [-0.4, -0.2) is 33.9 Å². The van der Waals surface area contributed by atoms with Crippen LogP contribution in [0.3, 0.4) is 0 Å². The highest BCUT2D eigenvalue weighted by Crippen LogP contribution is 2.51. The van der Waals surface area contributed by atoms with Gasteiger partial charge in [-0.15, -0.1) is 0 Å². The minimum Gasteiger partial charge on any atom is -0.497 e. The maximum atomic E-state index is 12.9. The number of ether oxygens (including phenoxy) is 5. The lowest BCUT2D eigenvalue weighted by atomic mass is 9.90. The summed E-state index contributed by atoms with van der Waals surface area (Å²) in [5.74, 6) is 0.515. The van der Waals surface area contributed by atoms with Crippen molar-refractivity contribution in [2.75, 3.05) is 28.1 Å². The lowest BCUT2D eigenvalue weighted by Crippen LogP contribution is -2.13. The van der Waals surface area contributed by atoms with E-state index in [1.165, 1.54) is 14.2 Å². The molecule has 1 aliphatic rings. The summed E-state index contributed by atoms with van der Waals surface area (Å²) >= 11 is 0. The van der Waals surface area contributed by atoms with Crippen molar-refractivity contribution in [2.24, 2.45) is 0 Å². The van der Waals surface area contributed by atoms with Gasteiger partial charge in [-0.3, -0.25) is 4.79 Å². The summed E-state index contributed by atoms with van der Waals surface area (Å²) in [7, 11) is 4.44. The van der Waals surface area contributed by atoms with Crippen LogP contribution in [-0.2, 0) is 0 Å². The van der Waals surface area contributed by atoms with Crippen LogP contribution in [0.15, 0.2) is 30.3 Å². The number of ketones is 1. The molecule has 1 aliphatic heterocycles. The van der Waals surface area contributed by atoms with E-state index >= 15 is 0 Å². The van der Waals surface area contributed by atoms with Crippen molar-refractivity contribution < 1.29 is 28.5 Å². The SMILES string of the molecule is COc1ccc(C(=O)[C@H](C#N)c2cc3c(c(OC)c2OC)OCO3)cc1. The van der Waals surface area contributed by atoms with Gasteiger partial charge in [0, 0.05) is 11.1 Å². The summed E-state index contributed by atoms with van der Waals surface area (Å²) in [6, 6.07) is 10.2. The zero-order valence-electron chi connectivity index (χ0n) is 14.6. The predicted molar refractivity (Wildman–Crippen MR) is 91.3 cm³/mol. The molecule has 0 fully saturated rings. The molecule has 0 radical (unpaired) electrons. The van der Waals surface area contributed by atoms with Crippen molar-refractivity contribution in [3.05, 3.63) is 41.5 Å². The van der Waals surface area contributed by atoms with Crippen molar-refractivity contribution in [3.8, 4) is 34.8 Å². The summed E-state index contributed by atoms with van der Waals surface area (Å²) in [6.45, 7) is 0.0297. The third-order valence-electron chi connectivity index (χ3n) is 4.09. The number of fused-ring (bicyclic) bond motifs is 1. The van der Waals surface area contributed by atoms with E-state index in [1.807, 2.05) is 6.07 Å². The number of Topliss-reactive ketones (excluding diaryl/α,β-unsaturated/α-hetero) is 1. The van der Waals surface area contributed by atoms with Gasteiger partial charge in [0.05, 0.1) is 27.4 Å². The number of hydrogen-bond donors (Lipinski definition) is 0. The quantitative estimate of drug-likeness (QED) is 0.736. The molecular formula is C19H17NO6. The van der Waals surface area contributed by atoms with Gasteiger partial charge in [-0.2, -0.15) is 5.26 Å². The largest absolute Gasteiger partial charge is 0.497 e. The molecule has 0 saturated heterocycles. The number of carbonyl (C=O) groups is 1. The number of carbonyl (C=O) groups excluding carboxylic acids is 1. The Balaban J connectivity index is 2.07. The first-order valence-electron chi connectivity index (χ1n) is 7.77. The molecule has 1 atom stereocenters. The Kier molecular flexibility index (Phi) is 4.85. The molecule has 0 bridgehead atoms. The van der Waals surface area contributed by atoms with Gasteiger partial charge in [-0.25, -0.2) is 0 Å². The fourth-order valence-corrected chi connectivity index (χ4v) is 2.82. The minimum absolute atomic E-state index is 0.0297. The number of benzene rings is 2. The molecule has 2 aromatic carbocycles. The molecule has 0 aliphatic carbocycles. The highest BCUT2D eigenvalue weighted by molar-refractivity contribution is 6.03. The van der Waals surface area contributed by atoms with E-state index in [4.69, 9.17) is 23.7 Å². The van der Waals surface area contributed by atoms with E-state index in [-0.39, 0.29) is 18.3 Å². The van der Waals surface area contributed by atoms with E-state index in [0.717, 1.165) is 0 Å². The summed E-state index contributed by atoms with van der Waals surface area (Å²) in [5.41, 5.74) is 0.743. The number of nitriles is 1. The second kappa shape index (κ2) is 7.23. The van der Waals surface area contributed by atoms with E-state index in [2.05, 4.69) is 0 Å². The number of methoxy groups -OCH3 is 3. The molecule has 0 saturated carbocycles. The normalized spacial score (nSPS) is 12.8. The van der Waals surface area contributed by atoms with Crippen molar-refractivity contribution in [2.45, 2.75) is 5.92 Å². The average molecular weight is 355 g/mol. The molecule has 2 aromatic rings. The second-order valence-electron chi connectivity index (χ2n) is 5.42. The van der Waals surface area contributed by atoms with Gasteiger partial charge in [0.25, 0.3) is 0 Å². The third-order valence-corrected chi connectivity index (χ3v) is 4.09. The zero-order chi connectivity index (χ0) is 18.7. The van der Waals surface area contributed by atoms with Gasteiger partial charge in [0.15, 0.2) is 17.3 Å². The first kappa shape index (κ1) is 17.4. The van der Waals surface area contributed by atoms with Gasteiger partial charge in [-0.1, -0.05) is 0 Å². The van der Waals surface area contributed by atoms with Gasteiger partial charge in [-0.05, 0) is 30.3 Å². The molecular weight excluding hydrogens is 338 g/mol. The van der Waals surface area contributed by atoms with Crippen molar-refractivity contribution in [1.29, 1.82) is 5.26 Å². The van der Waals surface area contributed by atoms with Gasteiger partial charge in [0.1, 0.15) is 11.7 Å². The predicted octanol–water partition coefficient (Wildman–Crippen LogP) is 2.93. The molecule has 1 heterocycles. The Labute approximate surface area is 150 Å². The molecule has 0 unspecified atom stereocenters. The van der Waals surface area contributed by atoms with Crippen molar-refractivity contribution >= 4 is 5.78 Å². The van der Waals surface area contributed by atoms with Crippen LogP contribution in [0.2, 0.25) is 0 Å². The maximum Gasteiger partial charge on any atom is 0.231 e. The minimum atomic E-state index is -1.10. The van der Waals surface area contributed by atoms with E-state index in [1.54, 1.807) is 37.4 Å². The lowest BCUT2D eigenvalue weighted by Gasteiger charge is -2.17. The summed E-state index contributed by atoms with van der Waals surface area (Å²) in [6.07, 6.45) is 0. The van der Waals surface area contributed by atoms with Gasteiger partial charge in [0.2, 0.25) is 18.3 Å². The fraction of sp³-hybridized carbons (Fsp3) is 0.263. The molecule has 7 heteroatoms. The van der Waals surface area contributed by atoms with Crippen LogP contribution < -0.4 is 23.7 Å². The monoisotopic (exact) mass is 355 g/mol. The third kappa shape index (κ3) is 2.86. The highest BCUT2D eigenvalue weighted by Gasteiger charge is 2.32. The number of hydrogen-bond acceptors (Lipinski definition) is 7. The van der Waals surface area contributed by atoms with Gasteiger partial charge < -0.3 is 23.7 Å². The Bertz CT molecular complexity index is 869. The van der Waals surface area contributed by atoms with E-state index < -0.39 is 5.92 Å². The molecule has 26 heavy (non-hydrogen) atoms. The van der Waals surface area contributed by atoms with Crippen LogP contribution >= 0.6 is 0 Å². The Morgan fingerprint density at radius 2 is 1.77 bits per heavy atom. The van der Waals surface area contributed by atoms with Crippen LogP contribution in [0.4, 0.5) is 0 Å². The maximum absolute atomic E-state index is 12.9. The molecule has 3 rings (SSSR count). The molecule has 0 amide bonds. The highest BCUT2D eigenvalue weighted by atomic mass is 16.7. The van der Waals surface area contributed by atoms with Crippen molar-refractivity contribution in [1.82, 2.24) is 0 Å². The lowest BCUT2D eigenvalue weighted by molar-refractivity contribution is 0.0977. The van der Waals surface area contributed by atoms with Crippen LogP contribution in [0.5, 0.6) is 28.7 Å². The molecule has 0 spiro atoms. The topological polar surface area (TPSA) is 87.0 Å².